The predicted molar refractivity (Wildman–Crippen MR) is 134 cm³/mol. The molecule has 2 heterocycles. The summed E-state index contributed by atoms with van der Waals surface area (Å²) in [5.74, 6) is -2.83. The summed E-state index contributed by atoms with van der Waals surface area (Å²) < 4.78 is 0. The average Bonchev–Trinajstić information content (AvgIpc) is 3.46. The second-order valence-corrected chi connectivity index (χ2v) is 11.1. The van der Waals surface area contributed by atoms with Gasteiger partial charge in [0.15, 0.2) is 11.6 Å². The first-order valence-electron chi connectivity index (χ1n) is 12.1. The number of para-hydroxylation sites is 1. The highest BCUT2D eigenvalue weighted by Gasteiger charge is 2.56. The molecule has 1 aliphatic heterocycles. The lowest BCUT2D eigenvalue weighted by atomic mass is 9.59. The van der Waals surface area contributed by atoms with Crippen LogP contribution in [-0.2, 0) is 25.7 Å². The minimum atomic E-state index is -0.631. The number of hydrogen-bond donors (Lipinski definition) is 1. The van der Waals surface area contributed by atoms with Crippen LogP contribution in [0.15, 0.2) is 70.2 Å². The van der Waals surface area contributed by atoms with E-state index in [9.17, 15) is 24.3 Å². The Morgan fingerprint density at radius 1 is 1.03 bits per heavy atom. The SMILES string of the molecule is CC1=CC(=O)C2=C(C1=O)[C@@H](c1cccc(C)c1O)C1=CC[C@@H]3C(=O)N(Cc4cccs4)C(=O)[C@@H]3[C@@H]1C2. The highest BCUT2D eigenvalue weighted by Crippen LogP contribution is 2.56. The van der Waals surface area contributed by atoms with Crippen molar-refractivity contribution in [1.29, 1.82) is 0 Å². The number of Topliss-reactive ketones (excluding diaryl/α,β-unsaturated/α-hetero) is 1. The highest BCUT2D eigenvalue weighted by molar-refractivity contribution is 7.09. The average molecular weight is 500 g/mol. The van der Waals surface area contributed by atoms with Gasteiger partial charge in [-0.15, -0.1) is 11.3 Å². The number of fused-ring (bicyclic) bond motifs is 3. The van der Waals surface area contributed by atoms with Gasteiger partial charge >= 0.3 is 0 Å². The number of ketones is 2. The molecule has 1 fully saturated rings. The van der Waals surface area contributed by atoms with Gasteiger partial charge < -0.3 is 5.11 Å². The minimum Gasteiger partial charge on any atom is -0.507 e. The standard InChI is InChI=1S/C29H25NO5S/c1-14-5-3-7-18(26(14)32)23-17-8-9-19-24(29(35)30(28(19)34)13-16-6-4-10-36-16)20(17)12-21-22(31)11-15(2)27(33)25(21)23/h3-8,10-11,19-20,23-24,32H,9,12-13H2,1-2H3/t19-,20+,23+,24-/m0/s1. The molecule has 1 aromatic carbocycles. The molecular formula is C29H25NO5S. The van der Waals surface area contributed by atoms with Crippen LogP contribution in [0.25, 0.3) is 0 Å². The summed E-state index contributed by atoms with van der Waals surface area (Å²) in [6.07, 6.45) is 3.98. The van der Waals surface area contributed by atoms with Crippen molar-refractivity contribution in [3.05, 3.63) is 86.2 Å². The molecular weight excluding hydrogens is 474 g/mol. The van der Waals surface area contributed by atoms with Crippen molar-refractivity contribution in [1.82, 2.24) is 4.90 Å². The Kier molecular flexibility index (Phi) is 5.23. The first-order valence-corrected chi connectivity index (χ1v) is 13.0. The van der Waals surface area contributed by atoms with Gasteiger partial charge in [0.05, 0.1) is 18.4 Å². The van der Waals surface area contributed by atoms with Crippen molar-refractivity contribution in [3.8, 4) is 5.75 Å². The molecule has 4 aliphatic rings. The van der Waals surface area contributed by atoms with Crippen molar-refractivity contribution in [2.75, 3.05) is 0 Å². The normalized spacial score (nSPS) is 27.6. The number of carbonyl (C=O) groups is 4. The summed E-state index contributed by atoms with van der Waals surface area (Å²) in [5.41, 5.74) is 3.25. The summed E-state index contributed by atoms with van der Waals surface area (Å²) in [4.78, 5) is 55.9. The van der Waals surface area contributed by atoms with Crippen LogP contribution < -0.4 is 0 Å². The summed E-state index contributed by atoms with van der Waals surface area (Å²) in [6.45, 7) is 3.68. The third-order valence-corrected chi connectivity index (χ3v) is 8.99. The number of aromatic hydroxyl groups is 1. The molecule has 6 rings (SSSR count). The largest absolute Gasteiger partial charge is 0.507 e. The Labute approximate surface area is 212 Å². The van der Waals surface area contributed by atoms with E-state index in [1.165, 1.54) is 22.3 Å². The van der Waals surface area contributed by atoms with Gasteiger partial charge in [-0.1, -0.05) is 35.9 Å². The fourth-order valence-electron chi connectivity index (χ4n) is 6.41. The Morgan fingerprint density at radius 3 is 2.58 bits per heavy atom. The molecule has 0 spiro atoms. The van der Waals surface area contributed by atoms with Gasteiger partial charge in [-0.2, -0.15) is 0 Å². The van der Waals surface area contributed by atoms with Crippen LogP contribution in [0.3, 0.4) is 0 Å². The zero-order valence-corrected chi connectivity index (χ0v) is 20.8. The van der Waals surface area contributed by atoms with Crippen LogP contribution in [0.1, 0.15) is 41.7 Å². The molecule has 4 atom stereocenters. The lowest BCUT2D eigenvalue weighted by molar-refractivity contribution is -0.140. The van der Waals surface area contributed by atoms with Crippen LogP contribution in [0.5, 0.6) is 5.75 Å². The minimum absolute atomic E-state index is 0.0821. The first kappa shape index (κ1) is 22.9. The number of likely N-dealkylation sites (tertiary alicyclic amines) is 1. The number of benzene rings is 1. The number of phenols is 1. The second-order valence-electron chi connectivity index (χ2n) is 10.1. The van der Waals surface area contributed by atoms with Crippen LogP contribution in [0, 0.1) is 24.7 Å². The van der Waals surface area contributed by atoms with Crippen LogP contribution >= 0.6 is 11.3 Å². The fourth-order valence-corrected chi connectivity index (χ4v) is 7.10. The van der Waals surface area contributed by atoms with E-state index in [-0.39, 0.29) is 48.0 Å². The predicted octanol–water partition coefficient (Wildman–Crippen LogP) is 4.39. The number of carbonyl (C=O) groups excluding carboxylic acids is 4. The smallest absolute Gasteiger partial charge is 0.234 e. The number of rotatable bonds is 3. The van der Waals surface area contributed by atoms with E-state index in [1.54, 1.807) is 26.0 Å². The Balaban J connectivity index is 1.48. The molecule has 1 aromatic heterocycles. The second kappa shape index (κ2) is 8.23. The monoisotopic (exact) mass is 499 g/mol. The fraction of sp³-hybridized carbons (Fsp3) is 0.310. The third kappa shape index (κ3) is 3.22. The van der Waals surface area contributed by atoms with Gasteiger partial charge in [0.2, 0.25) is 11.8 Å². The molecule has 0 saturated carbocycles. The van der Waals surface area contributed by atoms with Gasteiger partial charge in [0.25, 0.3) is 0 Å². The van der Waals surface area contributed by atoms with Crippen LogP contribution in [0.2, 0.25) is 0 Å². The van der Waals surface area contributed by atoms with E-state index < -0.39 is 17.8 Å². The topological polar surface area (TPSA) is 91.8 Å². The zero-order valence-electron chi connectivity index (χ0n) is 20.0. The van der Waals surface area contributed by atoms with E-state index in [2.05, 4.69) is 0 Å². The van der Waals surface area contributed by atoms with Gasteiger partial charge in [0, 0.05) is 33.1 Å². The lowest BCUT2D eigenvalue weighted by Crippen LogP contribution is -2.39. The quantitative estimate of drug-likeness (QED) is 0.384. The molecule has 0 unspecified atom stereocenters. The van der Waals surface area contributed by atoms with E-state index >= 15 is 0 Å². The highest BCUT2D eigenvalue weighted by atomic mass is 32.1. The molecule has 182 valence electrons. The van der Waals surface area contributed by atoms with Crippen molar-refractivity contribution < 1.29 is 24.3 Å². The number of hydrogen-bond acceptors (Lipinski definition) is 6. The number of amides is 2. The molecule has 0 radical (unpaired) electrons. The third-order valence-electron chi connectivity index (χ3n) is 8.13. The molecule has 1 N–H and O–H groups in total. The van der Waals surface area contributed by atoms with Gasteiger partial charge in [0.1, 0.15) is 5.75 Å². The van der Waals surface area contributed by atoms with Crippen molar-refractivity contribution >= 4 is 34.7 Å². The summed E-state index contributed by atoms with van der Waals surface area (Å²) in [5, 5.41) is 12.9. The summed E-state index contributed by atoms with van der Waals surface area (Å²) in [6, 6.07) is 9.20. The molecule has 6 nitrogen and oxygen atoms in total. The zero-order chi connectivity index (χ0) is 25.3. The maximum Gasteiger partial charge on any atom is 0.234 e. The molecule has 2 amide bonds. The molecule has 1 saturated heterocycles. The van der Waals surface area contributed by atoms with Crippen molar-refractivity contribution in [3.63, 3.8) is 0 Å². The van der Waals surface area contributed by atoms with Gasteiger partial charge in [-0.3, -0.25) is 24.1 Å². The molecule has 36 heavy (non-hydrogen) atoms. The number of phenolic OH excluding ortho intramolecular Hbond substituents is 1. The summed E-state index contributed by atoms with van der Waals surface area (Å²) >= 11 is 1.50. The Morgan fingerprint density at radius 2 is 1.83 bits per heavy atom. The number of nitrogens with zero attached hydrogens (tertiary/aromatic N) is 1. The summed E-state index contributed by atoms with van der Waals surface area (Å²) in [7, 11) is 0. The lowest BCUT2D eigenvalue weighted by Gasteiger charge is -2.42. The van der Waals surface area contributed by atoms with Crippen molar-refractivity contribution in [2.24, 2.45) is 17.8 Å². The van der Waals surface area contributed by atoms with Crippen molar-refractivity contribution in [2.45, 2.75) is 39.2 Å². The van der Waals surface area contributed by atoms with E-state index in [0.29, 0.717) is 34.3 Å². The number of aryl methyl sites for hydroxylation is 1. The van der Waals surface area contributed by atoms with Gasteiger partial charge in [-0.25, -0.2) is 0 Å². The molecule has 7 heteroatoms. The Hall–Kier alpha value is -3.58. The van der Waals surface area contributed by atoms with Crippen LogP contribution in [-0.4, -0.2) is 33.4 Å². The van der Waals surface area contributed by atoms with E-state index in [1.807, 2.05) is 29.7 Å². The number of imide groups is 1. The Bertz CT molecular complexity index is 1440. The first-order chi connectivity index (χ1) is 17.3. The van der Waals surface area contributed by atoms with Crippen LogP contribution in [0.4, 0.5) is 0 Å². The maximum atomic E-state index is 13.7. The molecule has 2 aromatic rings. The number of thiophene rings is 1. The molecule has 3 aliphatic carbocycles. The van der Waals surface area contributed by atoms with Gasteiger partial charge in [-0.05, 0) is 55.7 Å². The van der Waals surface area contributed by atoms with E-state index in [0.717, 1.165) is 10.5 Å². The number of allylic oxidation sites excluding steroid dienone is 6. The van der Waals surface area contributed by atoms with E-state index in [4.69, 9.17) is 0 Å². The maximum absolute atomic E-state index is 13.7. The molecule has 0 bridgehead atoms.